The van der Waals surface area contributed by atoms with Crippen LogP contribution < -0.4 is 0 Å². The zero-order valence-electron chi connectivity index (χ0n) is 22.2. The molecule has 0 radical (unpaired) electrons. The molecule has 33 heavy (non-hydrogen) atoms. The Labute approximate surface area is 202 Å². The van der Waals surface area contributed by atoms with Crippen molar-refractivity contribution in [3.05, 3.63) is 11.1 Å². The highest BCUT2D eigenvalue weighted by Crippen LogP contribution is 2.68. The quantitative estimate of drug-likeness (QED) is 0.474. The summed E-state index contributed by atoms with van der Waals surface area (Å²) >= 11 is 0. The van der Waals surface area contributed by atoms with Gasteiger partial charge in [-0.05, 0) is 127 Å². The number of β-lactam (4-membered cyclic amide) rings is 1. The van der Waals surface area contributed by atoms with Gasteiger partial charge < -0.3 is 14.9 Å². The van der Waals surface area contributed by atoms with Crippen molar-refractivity contribution in [1.82, 2.24) is 9.80 Å². The van der Waals surface area contributed by atoms with E-state index in [0.29, 0.717) is 17.4 Å². The Morgan fingerprint density at radius 2 is 1.61 bits per heavy atom. The number of amides is 1. The molecule has 186 valence electrons. The van der Waals surface area contributed by atoms with E-state index in [2.05, 4.69) is 39.8 Å². The molecule has 5 fully saturated rings. The third-order valence-corrected chi connectivity index (χ3v) is 12.0. The highest BCUT2D eigenvalue weighted by Gasteiger charge is 2.63. The van der Waals surface area contributed by atoms with E-state index in [0.717, 1.165) is 54.2 Å². The average Bonchev–Trinajstić information content (AvgIpc) is 3.10. The van der Waals surface area contributed by atoms with Gasteiger partial charge in [0, 0.05) is 11.6 Å². The molecule has 1 saturated heterocycles. The maximum atomic E-state index is 12.8. The van der Waals surface area contributed by atoms with E-state index in [1.54, 1.807) is 0 Å². The fraction of sp³-hybridized carbons (Fsp3) is 0.897. The summed E-state index contributed by atoms with van der Waals surface area (Å²) in [5.41, 5.74) is 2.82. The molecule has 5 rings (SSSR count). The molecule has 4 saturated carbocycles. The van der Waals surface area contributed by atoms with Crippen LogP contribution in [0.3, 0.4) is 0 Å². The Morgan fingerprint density at radius 3 is 2.24 bits per heavy atom. The Balaban J connectivity index is 1.34. The lowest BCUT2D eigenvalue weighted by Crippen LogP contribution is -2.64. The predicted molar refractivity (Wildman–Crippen MR) is 134 cm³/mol. The van der Waals surface area contributed by atoms with Crippen molar-refractivity contribution in [2.24, 2.45) is 40.4 Å². The van der Waals surface area contributed by atoms with Gasteiger partial charge in [-0.1, -0.05) is 19.4 Å². The SMILES string of the molecule is CC(C)=C1CN([C@@H]2CC[C@@]3(C)[C@@H](CC[C@@H]4[C@@H]3CC[C@]3(C)[C@@H]([C@H](C)N(C)C)CC[C@@H]43)[C@H]2O)C1=O. The maximum Gasteiger partial charge on any atom is 0.252 e. The van der Waals surface area contributed by atoms with Crippen molar-refractivity contribution < 1.29 is 9.90 Å². The van der Waals surface area contributed by atoms with Crippen LogP contribution in [0.4, 0.5) is 0 Å². The molecule has 0 aromatic carbocycles. The number of aliphatic hydroxyl groups is 1. The molecular weight excluding hydrogens is 408 g/mol. The Hall–Kier alpha value is -0.870. The number of rotatable bonds is 3. The smallest absolute Gasteiger partial charge is 0.252 e. The molecule has 1 N–H and O–H groups in total. The van der Waals surface area contributed by atoms with Gasteiger partial charge in [0.25, 0.3) is 5.91 Å². The van der Waals surface area contributed by atoms with Crippen LogP contribution in [0.1, 0.15) is 86.0 Å². The first kappa shape index (κ1) is 23.9. The van der Waals surface area contributed by atoms with E-state index in [1.807, 2.05) is 18.7 Å². The summed E-state index contributed by atoms with van der Waals surface area (Å²) in [4.78, 5) is 17.2. The van der Waals surface area contributed by atoms with E-state index in [1.165, 1.54) is 38.5 Å². The van der Waals surface area contributed by atoms with E-state index in [4.69, 9.17) is 0 Å². The van der Waals surface area contributed by atoms with Gasteiger partial charge in [0.1, 0.15) is 0 Å². The molecule has 0 unspecified atom stereocenters. The maximum absolute atomic E-state index is 12.8. The number of hydrogen-bond acceptors (Lipinski definition) is 3. The molecule has 1 aliphatic heterocycles. The number of fused-ring (bicyclic) bond motifs is 5. The van der Waals surface area contributed by atoms with Crippen LogP contribution in [-0.4, -0.2) is 59.6 Å². The van der Waals surface area contributed by atoms with Gasteiger partial charge in [0.15, 0.2) is 0 Å². The molecule has 1 amide bonds. The fourth-order valence-corrected chi connectivity index (χ4v) is 9.88. The van der Waals surface area contributed by atoms with Crippen molar-refractivity contribution in [2.45, 2.75) is 104 Å². The van der Waals surface area contributed by atoms with Crippen LogP contribution in [0.15, 0.2) is 11.1 Å². The molecule has 10 atom stereocenters. The zero-order chi connectivity index (χ0) is 23.9. The summed E-state index contributed by atoms with van der Waals surface area (Å²) in [5, 5.41) is 11.6. The summed E-state index contributed by atoms with van der Waals surface area (Å²) in [6.45, 7) is 12.4. The van der Waals surface area contributed by atoms with E-state index in [9.17, 15) is 9.90 Å². The molecule has 0 aromatic rings. The molecule has 0 spiro atoms. The standard InChI is InChI=1S/C29H48N2O2/c1-17(2)20-16-31(27(20)33)25-13-15-29(5)23-12-14-28(4)21(18(3)30(6)7)10-11-22(28)19(23)8-9-24(29)26(25)32/h18-19,21-26,32H,8-16H2,1-7H3/t18-,19-,21+,22-,23-,24-,25+,26+,28+,29+/m0/s1. The Bertz CT molecular complexity index is 831. The van der Waals surface area contributed by atoms with Crippen molar-refractivity contribution in [1.29, 1.82) is 0 Å². The van der Waals surface area contributed by atoms with Crippen molar-refractivity contribution in [3.63, 3.8) is 0 Å². The zero-order valence-corrected chi connectivity index (χ0v) is 22.2. The van der Waals surface area contributed by atoms with Gasteiger partial charge in [-0.3, -0.25) is 4.79 Å². The highest BCUT2D eigenvalue weighted by molar-refractivity contribution is 6.01. The number of aliphatic hydroxyl groups excluding tert-OH is 1. The second-order valence-electron chi connectivity index (χ2n) is 13.5. The number of carbonyl (C=O) groups is 1. The van der Waals surface area contributed by atoms with Gasteiger partial charge in [0.05, 0.1) is 18.7 Å². The molecular formula is C29H48N2O2. The summed E-state index contributed by atoms with van der Waals surface area (Å²) in [6, 6.07) is 0.682. The molecule has 5 aliphatic rings. The minimum absolute atomic E-state index is 0.0286. The second kappa shape index (κ2) is 8.08. The second-order valence-corrected chi connectivity index (χ2v) is 13.5. The van der Waals surface area contributed by atoms with E-state index < -0.39 is 0 Å². The first-order valence-electron chi connectivity index (χ1n) is 13.8. The third kappa shape index (κ3) is 3.33. The van der Waals surface area contributed by atoms with Crippen LogP contribution in [0.5, 0.6) is 0 Å². The van der Waals surface area contributed by atoms with Crippen LogP contribution in [0.2, 0.25) is 0 Å². The minimum atomic E-state index is -0.356. The molecule has 1 heterocycles. The number of nitrogens with zero attached hydrogens (tertiary/aromatic N) is 2. The highest BCUT2D eigenvalue weighted by atomic mass is 16.3. The fourth-order valence-electron chi connectivity index (χ4n) is 9.88. The van der Waals surface area contributed by atoms with Gasteiger partial charge in [-0.2, -0.15) is 0 Å². The molecule has 0 aromatic heterocycles. The third-order valence-electron chi connectivity index (χ3n) is 12.0. The monoisotopic (exact) mass is 456 g/mol. The predicted octanol–water partition coefficient (Wildman–Crippen LogP) is 5.11. The van der Waals surface area contributed by atoms with E-state index in [-0.39, 0.29) is 23.5 Å². The van der Waals surface area contributed by atoms with Crippen LogP contribution in [-0.2, 0) is 4.79 Å². The molecule has 4 aliphatic carbocycles. The topological polar surface area (TPSA) is 43.8 Å². The largest absolute Gasteiger partial charge is 0.391 e. The van der Waals surface area contributed by atoms with Crippen LogP contribution >= 0.6 is 0 Å². The van der Waals surface area contributed by atoms with Gasteiger partial charge in [0.2, 0.25) is 0 Å². The lowest BCUT2D eigenvalue weighted by molar-refractivity contribution is -0.173. The first-order chi connectivity index (χ1) is 15.5. The molecule has 0 bridgehead atoms. The number of likely N-dealkylation sites (tertiary alicyclic amines) is 1. The summed E-state index contributed by atoms with van der Waals surface area (Å²) < 4.78 is 0. The Kier molecular flexibility index (Phi) is 5.84. The molecule has 4 heteroatoms. The number of carbonyl (C=O) groups excluding carboxylic acids is 1. The van der Waals surface area contributed by atoms with Crippen LogP contribution in [0, 0.1) is 40.4 Å². The minimum Gasteiger partial charge on any atom is -0.391 e. The lowest BCUT2D eigenvalue weighted by atomic mass is 9.44. The summed E-state index contributed by atoms with van der Waals surface area (Å²) in [6.07, 6.45) is 9.71. The van der Waals surface area contributed by atoms with Crippen LogP contribution in [0.25, 0.3) is 0 Å². The van der Waals surface area contributed by atoms with E-state index >= 15 is 0 Å². The number of allylic oxidation sites excluding steroid dienone is 1. The van der Waals surface area contributed by atoms with Crippen molar-refractivity contribution in [2.75, 3.05) is 20.6 Å². The molecule has 4 nitrogen and oxygen atoms in total. The summed E-state index contributed by atoms with van der Waals surface area (Å²) in [5.74, 6) is 3.77. The van der Waals surface area contributed by atoms with Gasteiger partial charge in [-0.15, -0.1) is 0 Å². The first-order valence-corrected chi connectivity index (χ1v) is 13.8. The summed E-state index contributed by atoms with van der Waals surface area (Å²) in [7, 11) is 4.50. The lowest BCUT2D eigenvalue weighted by Gasteiger charge is -2.63. The van der Waals surface area contributed by atoms with Crippen molar-refractivity contribution >= 4 is 5.91 Å². The normalized spacial score (nSPS) is 48.2. The van der Waals surface area contributed by atoms with Gasteiger partial charge in [-0.25, -0.2) is 0 Å². The average molecular weight is 457 g/mol. The number of hydrogen-bond donors (Lipinski definition) is 1. The van der Waals surface area contributed by atoms with Crippen molar-refractivity contribution in [3.8, 4) is 0 Å². The van der Waals surface area contributed by atoms with Gasteiger partial charge >= 0.3 is 0 Å². The Morgan fingerprint density at radius 1 is 0.970 bits per heavy atom.